The van der Waals surface area contributed by atoms with Crippen LogP contribution in [0.15, 0.2) is 35.1 Å². The second-order valence-electron chi connectivity index (χ2n) is 8.15. The number of pyridine rings is 1. The van der Waals surface area contributed by atoms with Gasteiger partial charge in [-0.3, -0.25) is 14.3 Å². The number of likely N-dealkylation sites (N-methyl/N-ethyl adjacent to an activating group) is 1. The highest BCUT2D eigenvalue weighted by atomic mass is 19.3. The van der Waals surface area contributed by atoms with Gasteiger partial charge in [0.2, 0.25) is 0 Å². The number of nitrogens with one attached hydrogen (secondary N) is 1. The van der Waals surface area contributed by atoms with Gasteiger partial charge in [-0.25, -0.2) is 17.6 Å². The average molecular weight is 474 g/mol. The Bertz CT molecular complexity index is 1530. The fraction of sp³-hybridized carbons (Fsp3) is 0.261. The zero-order valence-electron chi connectivity index (χ0n) is 18.0. The molecule has 2 aromatic heterocycles. The van der Waals surface area contributed by atoms with E-state index in [1.54, 1.807) is 0 Å². The lowest BCUT2D eigenvalue weighted by molar-refractivity contribution is 0.0335. The molecule has 1 N–H and O–H groups in total. The number of aryl methyl sites for hydroxylation is 1. The van der Waals surface area contributed by atoms with Gasteiger partial charge in [-0.2, -0.15) is 5.10 Å². The Morgan fingerprint density at radius 2 is 1.88 bits per heavy atom. The number of alkyl halides is 2. The number of benzene rings is 2. The molecule has 0 unspecified atom stereocenters. The molecule has 0 fully saturated rings. The first-order valence-electron chi connectivity index (χ1n) is 10.3. The molecule has 34 heavy (non-hydrogen) atoms. The van der Waals surface area contributed by atoms with Gasteiger partial charge in [0.25, 0.3) is 17.9 Å². The summed E-state index contributed by atoms with van der Waals surface area (Å²) in [5, 5.41) is 4.11. The molecule has 1 aliphatic heterocycles. The van der Waals surface area contributed by atoms with Crippen molar-refractivity contribution in [1.82, 2.24) is 19.7 Å². The van der Waals surface area contributed by atoms with Crippen molar-refractivity contribution in [2.24, 2.45) is 7.05 Å². The number of nitrogens with zero attached hydrogens (tertiary/aromatic N) is 3. The highest BCUT2D eigenvalue weighted by molar-refractivity contribution is 5.99. The molecular formula is C23H18F4N4O3. The van der Waals surface area contributed by atoms with Crippen molar-refractivity contribution in [3.63, 3.8) is 0 Å². The maximum absolute atomic E-state index is 14.1. The van der Waals surface area contributed by atoms with E-state index in [0.717, 1.165) is 12.1 Å². The van der Waals surface area contributed by atoms with Crippen molar-refractivity contribution < 1.29 is 27.1 Å². The van der Waals surface area contributed by atoms with E-state index in [1.807, 2.05) is 0 Å². The molecule has 0 bridgehead atoms. The molecule has 2 aromatic carbocycles. The minimum atomic E-state index is -2.82. The Balaban J connectivity index is 1.61. The van der Waals surface area contributed by atoms with Gasteiger partial charge in [-0.05, 0) is 35.7 Å². The van der Waals surface area contributed by atoms with Gasteiger partial charge in [-0.15, -0.1) is 0 Å². The summed E-state index contributed by atoms with van der Waals surface area (Å²) in [5.41, 5.74) is 0.341. The van der Waals surface area contributed by atoms with E-state index in [9.17, 15) is 27.2 Å². The van der Waals surface area contributed by atoms with Gasteiger partial charge in [0.15, 0.2) is 11.6 Å². The van der Waals surface area contributed by atoms with Gasteiger partial charge in [0.1, 0.15) is 5.69 Å². The number of ether oxygens (including phenoxy) is 1. The summed E-state index contributed by atoms with van der Waals surface area (Å²) in [5.74, 6) is -2.79. The lowest BCUT2D eigenvalue weighted by atomic mass is 9.95. The predicted octanol–water partition coefficient (Wildman–Crippen LogP) is 3.97. The van der Waals surface area contributed by atoms with Crippen LogP contribution in [-0.4, -0.2) is 39.2 Å². The molecular weight excluding hydrogens is 456 g/mol. The molecule has 11 heteroatoms. The van der Waals surface area contributed by atoms with Crippen LogP contribution in [-0.2, 0) is 18.4 Å². The average Bonchev–Trinajstić information content (AvgIpc) is 3.15. The first-order chi connectivity index (χ1) is 16.2. The molecule has 1 aliphatic rings. The molecule has 1 amide bonds. The zero-order valence-corrected chi connectivity index (χ0v) is 18.0. The highest BCUT2D eigenvalue weighted by Crippen LogP contribution is 2.35. The maximum Gasteiger partial charge on any atom is 0.282 e. The standard InChI is InChI=1S/C23H18F4N4O3/c1-30(23(33)10-3-4-17-13(5-10)20(21(26)27)29-31(17)2)18-9-34-8-16-19(18)11-6-14(24)15(25)7-12(11)22(32)28-16/h3-7,18,21H,8-9H2,1-2H3,(H,28,32)/t18-/m1/s1. The summed E-state index contributed by atoms with van der Waals surface area (Å²) >= 11 is 0. The minimum Gasteiger partial charge on any atom is -0.373 e. The van der Waals surface area contributed by atoms with Crippen LogP contribution < -0.4 is 5.56 Å². The van der Waals surface area contributed by atoms with Gasteiger partial charge in [0.05, 0.1) is 30.2 Å². The number of amides is 1. The fourth-order valence-corrected chi connectivity index (χ4v) is 4.48. The van der Waals surface area contributed by atoms with Gasteiger partial charge < -0.3 is 14.6 Å². The number of carbonyl (C=O) groups excluding carboxylic acids is 1. The molecule has 1 atom stereocenters. The van der Waals surface area contributed by atoms with E-state index in [2.05, 4.69) is 10.1 Å². The molecule has 4 aromatic rings. The molecule has 176 valence electrons. The van der Waals surface area contributed by atoms with Gasteiger partial charge in [0, 0.05) is 36.3 Å². The summed E-state index contributed by atoms with van der Waals surface area (Å²) in [6, 6.07) is 5.40. The Kier molecular flexibility index (Phi) is 5.16. The molecule has 3 heterocycles. The summed E-state index contributed by atoms with van der Waals surface area (Å²) in [4.78, 5) is 29.7. The smallest absolute Gasteiger partial charge is 0.282 e. The van der Waals surface area contributed by atoms with E-state index in [4.69, 9.17) is 4.74 Å². The monoisotopic (exact) mass is 474 g/mol. The normalized spacial score (nSPS) is 15.8. The number of hydrogen-bond acceptors (Lipinski definition) is 4. The lowest BCUT2D eigenvalue weighted by Crippen LogP contribution is -2.37. The third-order valence-corrected chi connectivity index (χ3v) is 6.16. The molecule has 0 saturated carbocycles. The van der Waals surface area contributed by atoms with Gasteiger partial charge >= 0.3 is 0 Å². The highest BCUT2D eigenvalue weighted by Gasteiger charge is 2.32. The van der Waals surface area contributed by atoms with Crippen LogP contribution in [0.4, 0.5) is 17.6 Å². The second kappa shape index (κ2) is 7.94. The first-order valence-corrected chi connectivity index (χ1v) is 10.3. The zero-order chi connectivity index (χ0) is 24.3. The second-order valence-corrected chi connectivity index (χ2v) is 8.15. The molecule has 0 spiro atoms. The number of fused-ring (bicyclic) bond motifs is 4. The Morgan fingerprint density at radius 1 is 1.18 bits per heavy atom. The van der Waals surface area contributed by atoms with E-state index in [-0.39, 0.29) is 34.9 Å². The van der Waals surface area contributed by atoms with Crippen LogP contribution in [0, 0.1) is 11.6 Å². The van der Waals surface area contributed by atoms with Crippen molar-refractivity contribution in [3.05, 3.63) is 74.8 Å². The van der Waals surface area contributed by atoms with Crippen molar-refractivity contribution in [1.29, 1.82) is 0 Å². The van der Waals surface area contributed by atoms with Crippen LogP contribution in [0.5, 0.6) is 0 Å². The number of rotatable bonds is 3. The Labute approximate surface area is 189 Å². The summed E-state index contributed by atoms with van der Waals surface area (Å²) < 4.78 is 61.6. The van der Waals surface area contributed by atoms with Crippen LogP contribution >= 0.6 is 0 Å². The number of H-pyrrole nitrogens is 1. The molecule has 0 aliphatic carbocycles. The number of aromatic nitrogens is 3. The summed E-state index contributed by atoms with van der Waals surface area (Å²) in [7, 11) is 3.02. The van der Waals surface area contributed by atoms with Crippen LogP contribution in [0.1, 0.15) is 39.8 Å². The third-order valence-electron chi connectivity index (χ3n) is 6.16. The number of halogens is 4. The Hall–Kier alpha value is -3.73. The summed E-state index contributed by atoms with van der Waals surface area (Å²) in [6.45, 7) is 0.0598. The maximum atomic E-state index is 14.1. The van der Waals surface area contributed by atoms with Crippen molar-refractivity contribution >= 4 is 27.6 Å². The number of carbonyl (C=O) groups is 1. The van der Waals surface area contributed by atoms with E-state index >= 15 is 0 Å². The summed E-state index contributed by atoms with van der Waals surface area (Å²) in [6.07, 6.45) is -2.82. The number of hydrogen-bond donors (Lipinski definition) is 1. The molecule has 7 nitrogen and oxygen atoms in total. The SMILES string of the molecule is CN(C(=O)c1ccc2c(c1)c(C(F)F)nn2C)[C@@H]1COCc2[nH]c(=O)c3cc(F)c(F)cc3c21. The van der Waals surface area contributed by atoms with E-state index in [1.165, 1.54) is 41.9 Å². The van der Waals surface area contributed by atoms with Gasteiger partial charge in [-0.1, -0.05) is 0 Å². The molecule has 0 radical (unpaired) electrons. The van der Waals surface area contributed by atoms with Crippen LogP contribution in [0.2, 0.25) is 0 Å². The first kappa shape index (κ1) is 22.1. The van der Waals surface area contributed by atoms with Crippen molar-refractivity contribution in [3.8, 4) is 0 Å². The molecule has 5 rings (SSSR count). The Morgan fingerprint density at radius 3 is 2.59 bits per heavy atom. The number of aromatic amines is 1. The fourth-order valence-electron chi connectivity index (χ4n) is 4.48. The largest absolute Gasteiger partial charge is 0.373 e. The van der Waals surface area contributed by atoms with E-state index < -0.39 is 41.3 Å². The third kappa shape index (κ3) is 3.35. The van der Waals surface area contributed by atoms with Crippen molar-refractivity contribution in [2.45, 2.75) is 19.1 Å². The topological polar surface area (TPSA) is 80.2 Å². The van der Waals surface area contributed by atoms with E-state index in [0.29, 0.717) is 16.8 Å². The van der Waals surface area contributed by atoms with Crippen LogP contribution in [0.25, 0.3) is 21.7 Å². The predicted molar refractivity (Wildman–Crippen MR) is 115 cm³/mol. The van der Waals surface area contributed by atoms with Crippen LogP contribution in [0.3, 0.4) is 0 Å². The van der Waals surface area contributed by atoms with Crippen molar-refractivity contribution in [2.75, 3.05) is 13.7 Å². The molecule has 0 saturated heterocycles. The quantitative estimate of drug-likeness (QED) is 0.456. The lowest BCUT2D eigenvalue weighted by Gasteiger charge is -2.34. The minimum absolute atomic E-state index is 0.0252.